The fraction of sp³-hybridized carbons (Fsp3) is 0.513. The second-order valence-corrected chi connectivity index (χ2v) is 14.4. The Labute approximate surface area is 284 Å². The van der Waals surface area contributed by atoms with E-state index < -0.39 is 11.7 Å². The molecule has 0 bridgehead atoms. The number of aromatic nitrogens is 2. The molecule has 3 fully saturated rings. The van der Waals surface area contributed by atoms with Gasteiger partial charge in [-0.05, 0) is 79.6 Å². The number of aliphatic carboxylic acids is 1. The SMILES string of the molecule is Cc1ccccc1C1=CC=CC(Nc2nccc3cc(CN4CCCCC4CC(=O)O)cnc23)(OCC2(CN3CCOCC3)CC2)C1C. The Bertz CT molecular complexity index is 1680. The van der Waals surface area contributed by atoms with Gasteiger partial charge in [0.2, 0.25) is 0 Å². The van der Waals surface area contributed by atoms with E-state index in [9.17, 15) is 9.90 Å². The predicted octanol–water partition coefficient (Wildman–Crippen LogP) is 6.29. The van der Waals surface area contributed by atoms with Crippen molar-refractivity contribution in [1.29, 1.82) is 0 Å². The van der Waals surface area contributed by atoms with E-state index in [1.165, 1.54) is 29.5 Å². The zero-order chi connectivity index (χ0) is 33.1. The maximum absolute atomic E-state index is 11.5. The van der Waals surface area contributed by atoms with Crippen LogP contribution in [-0.4, -0.2) is 88.6 Å². The molecule has 9 nitrogen and oxygen atoms in total. The maximum atomic E-state index is 11.5. The van der Waals surface area contributed by atoms with Gasteiger partial charge < -0.3 is 19.9 Å². The normalized spacial score (nSPS) is 25.9. The molecular formula is C39H49N5O4. The zero-order valence-corrected chi connectivity index (χ0v) is 28.4. The van der Waals surface area contributed by atoms with E-state index in [2.05, 4.69) is 77.5 Å². The minimum absolute atomic E-state index is 0.00983. The van der Waals surface area contributed by atoms with Crippen molar-refractivity contribution in [2.45, 2.75) is 70.7 Å². The summed E-state index contributed by atoms with van der Waals surface area (Å²) in [5.41, 5.74) is 4.90. The third-order valence-corrected chi connectivity index (χ3v) is 10.9. The number of hydrogen-bond acceptors (Lipinski definition) is 8. The zero-order valence-electron chi connectivity index (χ0n) is 28.4. The molecule has 2 saturated heterocycles. The van der Waals surface area contributed by atoms with Crippen molar-refractivity contribution in [1.82, 2.24) is 19.8 Å². The number of nitrogens with zero attached hydrogens (tertiary/aromatic N) is 4. The summed E-state index contributed by atoms with van der Waals surface area (Å²) in [6.45, 7) is 11.3. The van der Waals surface area contributed by atoms with E-state index in [0.29, 0.717) is 19.0 Å². The standard InChI is InChI=1S/C39H49N5O4/c1-28-8-3-4-10-33(28)34-11-7-13-39(29(34)2,48-27-38(14-15-38)26-43-18-20-47-21-19-43)42-37-36-31(12-16-40-37)22-30(24-41-36)25-44-17-6-5-9-32(44)23-35(45)46/h3-4,7-8,10-13,16,22,24,29,32H,5-6,9,14-15,17-21,23,25-27H2,1-2H3,(H,40,42)(H,45,46). The van der Waals surface area contributed by atoms with Gasteiger partial charge in [-0.1, -0.05) is 49.8 Å². The molecule has 4 heterocycles. The Kier molecular flexibility index (Phi) is 9.65. The number of carbonyl (C=O) groups is 1. The van der Waals surface area contributed by atoms with E-state index >= 15 is 0 Å². The molecule has 1 aromatic carbocycles. The lowest BCUT2D eigenvalue weighted by atomic mass is 9.80. The van der Waals surface area contributed by atoms with Gasteiger partial charge in [0.05, 0.1) is 26.2 Å². The van der Waals surface area contributed by atoms with Crippen LogP contribution < -0.4 is 5.32 Å². The number of hydrogen-bond donors (Lipinski definition) is 2. The van der Waals surface area contributed by atoms with Gasteiger partial charge in [-0.15, -0.1) is 0 Å². The molecule has 3 aromatic rings. The van der Waals surface area contributed by atoms with Crippen LogP contribution in [0.15, 0.2) is 67.0 Å². The number of allylic oxidation sites excluding steroid dienone is 2. The summed E-state index contributed by atoms with van der Waals surface area (Å²) in [7, 11) is 0. The highest BCUT2D eigenvalue weighted by Crippen LogP contribution is 2.49. The van der Waals surface area contributed by atoms with Crippen molar-refractivity contribution in [3.63, 3.8) is 0 Å². The molecule has 2 N–H and O–H groups in total. The smallest absolute Gasteiger partial charge is 0.304 e. The summed E-state index contributed by atoms with van der Waals surface area (Å²) in [5, 5.41) is 14.3. The number of morpholine rings is 1. The van der Waals surface area contributed by atoms with Gasteiger partial charge in [-0.3, -0.25) is 19.6 Å². The molecule has 2 aromatic heterocycles. The van der Waals surface area contributed by atoms with Gasteiger partial charge in [0.15, 0.2) is 11.5 Å². The van der Waals surface area contributed by atoms with E-state index in [0.717, 1.165) is 75.1 Å². The summed E-state index contributed by atoms with van der Waals surface area (Å²) in [6.07, 6.45) is 15.9. The number of likely N-dealkylation sites (tertiary alicyclic amines) is 1. The second kappa shape index (κ2) is 14.1. The van der Waals surface area contributed by atoms with Crippen molar-refractivity contribution in [2.75, 3.05) is 51.3 Å². The van der Waals surface area contributed by atoms with Gasteiger partial charge in [-0.2, -0.15) is 0 Å². The Balaban J connectivity index is 1.16. The molecule has 9 heteroatoms. The number of rotatable bonds is 12. The lowest BCUT2D eigenvalue weighted by Crippen LogP contribution is -2.49. The van der Waals surface area contributed by atoms with E-state index in [-0.39, 0.29) is 23.8 Å². The van der Waals surface area contributed by atoms with Gasteiger partial charge >= 0.3 is 5.97 Å². The topological polar surface area (TPSA) is 100 Å². The van der Waals surface area contributed by atoms with Crippen LogP contribution in [0.5, 0.6) is 0 Å². The van der Waals surface area contributed by atoms with Gasteiger partial charge in [-0.25, -0.2) is 4.98 Å². The summed E-state index contributed by atoms with van der Waals surface area (Å²) in [4.78, 5) is 26.2. The molecule has 48 heavy (non-hydrogen) atoms. The highest BCUT2D eigenvalue weighted by Gasteiger charge is 2.48. The monoisotopic (exact) mass is 651 g/mol. The highest BCUT2D eigenvalue weighted by atomic mass is 16.5. The van der Waals surface area contributed by atoms with E-state index in [1.54, 1.807) is 0 Å². The summed E-state index contributed by atoms with van der Waals surface area (Å²) in [5.74, 6) is -0.0488. The lowest BCUT2D eigenvalue weighted by Gasteiger charge is -2.42. The van der Waals surface area contributed by atoms with Crippen LogP contribution in [-0.2, 0) is 20.8 Å². The fourth-order valence-electron chi connectivity index (χ4n) is 7.83. The molecule has 254 valence electrons. The molecule has 3 atom stereocenters. The number of fused-ring (bicyclic) bond motifs is 1. The molecule has 2 aliphatic carbocycles. The van der Waals surface area contributed by atoms with E-state index in [1.807, 2.05) is 18.5 Å². The first kappa shape index (κ1) is 32.9. The summed E-state index contributed by atoms with van der Waals surface area (Å²) in [6, 6.07) is 12.8. The number of anilines is 1. The largest absolute Gasteiger partial charge is 0.481 e. The minimum Gasteiger partial charge on any atom is -0.481 e. The third kappa shape index (κ3) is 7.20. The number of piperidine rings is 1. The molecule has 4 aliphatic rings. The highest BCUT2D eigenvalue weighted by molar-refractivity contribution is 5.89. The summed E-state index contributed by atoms with van der Waals surface area (Å²) < 4.78 is 12.8. The number of aryl methyl sites for hydroxylation is 1. The Morgan fingerprint density at radius 2 is 1.96 bits per heavy atom. The number of nitrogens with one attached hydrogen (secondary N) is 1. The molecule has 0 spiro atoms. The number of carboxylic acid groups (broad SMARTS) is 1. The van der Waals surface area contributed by atoms with Crippen LogP contribution in [0, 0.1) is 18.3 Å². The minimum atomic E-state index is -0.827. The van der Waals surface area contributed by atoms with Gasteiger partial charge in [0, 0.05) is 61.3 Å². The Morgan fingerprint density at radius 1 is 1.12 bits per heavy atom. The molecule has 0 amide bonds. The number of pyridine rings is 2. The van der Waals surface area contributed by atoms with E-state index in [4.69, 9.17) is 19.4 Å². The maximum Gasteiger partial charge on any atom is 0.304 e. The summed E-state index contributed by atoms with van der Waals surface area (Å²) >= 11 is 0. The lowest BCUT2D eigenvalue weighted by molar-refractivity contribution is -0.138. The van der Waals surface area contributed by atoms with Crippen LogP contribution in [0.4, 0.5) is 5.82 Å². The molecule has 3 unspecified atom stereocenters. The first-order valence-corrected chi connectivity index (χ1v) is 17.7. The quantitative estimate of drug-likeness (QED) is 0.219. The van der Waals surface area contributed by atoms with Crippen molar-refractivity contribution in [3.05, 3.63) is 83.7 Å². The van der Waals surface area contributed by atoms with Gasteiger partial charge in [0.1, 0.15) is 5.52 Å². The average Bonchev–Trinajstić information content (AvgIpc) is 3.86. The average molecular weight is 652 g/mol. The van der Waals surface area contributed by atoms with Crippen LogP contribution in [0.1, 0.15) is 62.1 Å². The molecular weight excluding hydrogens is 602 g/mol. The molecule has 0 radical (unpaired) electrons. The molecule has 2 aliphatic heterocycles. The van der Waals surface area contributed by atoms with Crippen LogP contribution in [0.3, 0.4) is 0 Å². The predicted molar refractivity (Wildman–Crippen MR) is 189 cm³/mol. The van der Waals surface area contributed by atoms with Crippen molar-refractivity contribution in [2.24, 2.45) is 11.3 Å². The Morgan fingerprint density at radius 3 is 2.75 bits per heavy atom. The first-order chi connectivity index (χ1) is 23.3. The van der Waals surface area contributed by atoms with Crippen LogP contribution in [0.2, 0.25) is 0 Å². The van der Waals surface area contributed by atoms with Crippen molar-refractivity contribution >= 4 is 28.3 Å². The molecule has 7 rings (SSSR count). The number of carboxylic acids is 1. The van der Waals surface area contributed by atoms with Crippen molar-refractivity contribution < 1.29 is 19.4 Å². The fourth-order valence-corrected chi connectivity index (χ4v) is 7.83. The number of ether oxygens (including phenoxy) is 2. The van der Waals surface area contributed by atoms with Crippen LogP contribution >= 0.6 is 0 Å². The van der Waals surface area contributed by atoms with Crippen molar-refractivity contribution in [3.8, 4) is 0 Å². The van der Waals surface area contributed by atoms with Crippen LogP contribution in [0.25, 0.3) is 16.5 Å². The second-order valence-electron chi connectivity index (χ2n) is 14.4. The number of benzene rings is 1. The third-order valence-electron chi connectivity index (χ3n) is 10.9. The molecule has 1 saturated carbocycles. The first-order valence-electron chi connectivity index (χ1n) is 17.7. The Hall–Kier alpha value is -3.63. The van der Waals surface area contributed by atoms with Gasteiger partial charge in [0.25, 0.3) is 0 Å².